The zero-order chi connectivity index (χ0) is 14.5. The second-order valence-corrected chi connectivity index (χ2v) is 6.63. The van der Waals surface area contributed by atoms with E-state index in [0.29, 0.717) is 17.2 Å². The Balaban J connectivity index is 2.11. The number of hydrogen-bond donors (Lipinski definition) is 0. The van der Waals surface area contributed by atoms with Gasteiger partial charge in [0, 0.05) is 13.6 Å². The van der Waals surface area contributed by atoms with Gasteiger partial charge in [0.05, 0.1) is 11.6 Å². The summed E-state index contributed by atoms with van der Waals surface area (Å²) in [5.74, 6) is 2.14. The number of rotatable bonds is 5. The smallest absolute Gasteiger partial charge is 0.158 e. The van der Waals surface area contributed by atoms with Gasteiger partial charge < -0.3 is 4.57 Å². The van der Waals surface area contributed by atoms with E-state index in [4.69, 9.17) is 16.6 Å². The summed E-state index contributed by atoms with van der Waals surface area (Å²) in [7, 11) is 2.01. The van der Waals surface area contributed by atoms with Gasteiger partial charge in [-0.3, -0.25) is 4.68 Å². The molecular formula is C15H23ClN4. The molecule has 110 valence electrons. The van der Waals surface area contributed by atoms with Gasteiger partial charge in [-0.05, 0) is 30.6 Å². The summed E-state index contributed by atoms with van der Waals surface area (Å²) < 4.78 is 4.27. The summed E-state index contributed by atoms with van der Waals surface area (Å²) >= 11 is 6.12. The van der Waals surface area contributed by atoms with Crippen molar-refractivity contribution in [3.8, 4) is 0 Å². The third-order valence-corrected chi connectivity index (χ3v) is 5.15. The Morgan fingerprint density at radius 2 is 2.05 bits per heavy atom. The summed E-state index contributed by atoms with van der Waals surface area (Å²) in [6.07, 6.45) is 3.53. The summed E-state index contributed by atoms with van der Waals surface area (Å²) in [4.78, 5) is 4.74. The third kappa shape index (κ3) is 1.96. The first-order chi connectivity index (χ1) is 9.52. The lowest BCUT2D eigenvalue weighted by molar-refractivity contribution is 0.308. The molecule has 1 fully saturated rings. The van der Waals surface area contributed by atoms with Crippen LogP contribution in [-0.4, -0.2) is 19.3 Å². The summed E-state index contributed by atoms with van der Waals surface area (Å²) in [6.45, 7) is 7.79. The van der Waals surface area contributed by atoms with E-state index in [1.807, 2.05) is 11.7 Å². The number of fused-ring (bicyclic) bond motifs is 1. The second kappa shape index (κ2) is 4.76. The lowest BCUT2D eigenvalue weighted by Gasteiger charge is -2.21. The Morgan fingerprint density at radius 1 is 1.35 bits per heavy atom. The van der Waals surface area contributed by atoms with Gasteiger partial charge in [-0.1, -0.05) is 20.8 Å². The maximum absolute atomic E-state index is 6.12. The van der Waals surface area contributed by atoms with E-state index < -0.39 is 0 Å². The van der Waals surface area contributed by atoms with Crippen molar-refractivity contribution in [2.75, 3.05) is 0 Å². The highest BCUT2D eigenvalue weighted by Crippen LogP contribution is 2.53. The summed E-state index contributed by atoms with van der Waals surface area (Å²) in [6, 6.07) is 0. The molecule has 2 heterocycles. The van der Waals surface area contributed by atoms with Crippen LogP contribution >= 0.6 is 11.6 Å². The number of aromatic nitrogens is 4. The fraction of sp³-hybridized carbons (Fsp3) is 0.733. The topological polar surface area (TPSA) is 35.6 Å². The normalized spacial score (nSPS) is 17.3. The minimum atomic E-state index is 0.436. The molecule has 2 aromatic rings. The first-order valence-electron chi connectivity index (χ1n) is 7.49. The van der Waals surface area contributed by atoms with Crippen molar-refractivity contribution in [2.24, 2.45) is 18.4 Å². The molecule has 0 N–H and O–H groups in total. The van der Waals surface area contributed by atoms with Crippen molar-refractivity contribution < 1.29 is 0 Å². The molecule has 1 aliphatic carbocycles. The van der Waals surface area contributed by atoms with Gasteiger partial charge in [0.1, 0.15) is 11.3 Å². The van der Waals surface area contributed by atoms with E-state index in [1.165, 1.54) is 12.8 Å². The average molecular weight is 295 g/mol. The number of halogens is 1. The second-order valence-electron chi connectivity index (χ2n) is 6.36. The third-order valence-electron chi connectivity index (χ3n) is 4.91. The monoisotopic (exact) mass is 294 g/mol. The highest BCUT2D eigenvalue weighted by atomic mass is 35.5. The maximum Gasteiger partial charge on any atom is 0.158 e. The summed E-state index contributed by atoms with van der Waals surface area (Å²) in [5, 5.41) is 4.59. The SMILES string of the molecule is CCc1nn(C)c2c1nc(CCl)n2CC1(C(C)C)CC1. The molecule has 20 heavy (non-hydrogen) atoms. The molecule has 0 aromatic carbocycles. The molecule has 0 bridgehead atoms. The van der Waals surface area contributed by atoms with Gasteiger partial charge in [0.15, 0.2) is 5.65 Å². The molecule has 1 saturated carbocycles. The lowest BCUT2D eigenvalue weighted by atomic mass is 9.92. The number of hydrogen-bond acceptors (Lipinski definition) is 2. The number of aryl methyl sites for hydroxylation is 2. The fourth-order valence-corrected chi connectivity index (χ4v) is 3.39. The molecule has 0 saturated heterocycles. The van der Waals surface area contributed by atoms with Crippen LogP contribution in [0, 0.1) is 11.3 Å². The quantitative estimate of drug-likeness (QED) is 0.791. The number of alkyl halides is 1. The molecule has 1 aliphatic rings. The van der Waals surface area contributed by atoms with Crippen molar-refractivity contribution in [3.05, 3.63) is 11.5 Å². The van der Waals surface area contributed by atoms with Gasteiger partial charge in [-0.2, -0.15) is 5.10 Å². The standard InChI is InChI=1S/C15H23ClN4/c1-5-11-13-14(19(4)18-11)20(12(8-16)17-13)9-15(6-7-15)10(2)3/h10H,5-9H2,1-4H3. The molecule has 2 aromatic heterocycles. The van der Waals surface area contributed by atoms with Crippen molar-refractivity contribution in [3.63, 3.8) is 0 Å². The Morgan fingerprint density at radius 3 is 2.55 bits per heavy atom. The fourth-order valence-electron chi connectivity index (χ4n) is 3.19. The minimum Gasteiger partial charge on any atom is -0.311 e. The van der Waals surface area contributed by atoms with Crippen LogP contribution in [0.3, 0.4) is 0 Å². The number of imidazole rings is 1. The highest BCUT2D eigenvalue weighted by Gasteiger charge is 2.46. The predicted molar refractivity (Wildman–Crippen MR) is 81.9 cm³/mol. The summed E-state index contributed by atoms with van der Waals surface area (Å²) in [5.41, 5.74) is 3.67. The molecule has 0 spiro atoms. The van der Waals surface area contributed by atoms with Crippen LogP contribution < -0.4 is 0 Å². The molecule has 0 radical (unpaired) electrons. The van der Waals surface area contributed by atoms with Crippen molar-refractivity contribution in [1.82, 2.24) is 19.3 Å². The highest BCUT2D eigenvalue weighted by molar-refractivity contribution is 6.16. The van der Waals surface area contributed by atoms with Crippen LogP contribution in [-0.2, 0) is 25.9 Å². The Bertz CT molecular complexity index is 634. The van der Waals surface area contributed by atoms with Crippen LogP contribution in [0.25, 0.3) is 11.2 Å². The van der Waals surface area contributed by atoms with E-state index in [2.05, 4.69) is 30.4 Å². The van der Waals surface area contributed by atoms with Crippen molar-refractivity contribution in [2.45, 2.75) is 52.5 Å². The molecule has 3 rings (SSSR count). The first kappa shape index (κ1) is 13.9. The van der Waals surface area contributed by atoms with Crippen molar-refractivity contribution in [1.29, 1.82) is 0 Å². The van der Waals surface area contributed by atoms with E-state index in [-0.39, 0.29) is 0 Å². The molecule has 0 atom stereocenters. The van der Waals surface area contributed by atoms with Crippen LogP contribution in [0.15, 0.2) is 0 Å². The first-order valence-corrected chi connectivity index (χ1v) is 8.03. The maximum atomic E-state index is 6.12. The van der Waals surface area contributed by atoms with Crippen molar-refractivity contribution >= 4 is 22.8 Å². The Hall–Kier alpha value is -1.03. The van der Waals surface area contributed by atoms with E-state index >= 15 is 0 Å². The molecule has 0 unspecified atom stereocenters. The molecule has 0 amide bonds. The Labute approximate surface area is 125 Å². The van der Waals surface area contributed by atoms with Gasteiger partial charge in [-0.15, -0.1) is 11.6 Å². The van der Waals surface area contributed by atoms with E-state index in [1.54, 1.807) is 0 Å². The zero-order valence-corrected chi connectivity index (χ0v) is 13.5. The van der Waals surface area contributed by atoms with Crippen LogP contribution in [0.4, 0.5) is 0 Å². The zero-order valence-electron chi connectivity index (χ0n) is 12.8. The lowest BCUT2D eigenvalue weighted by Crippen LogP contribution is -2.20. The molecular weight excluding hydrogens is 272 g/mol. The average Bonchev–Trinajstić information content (AvgIpc) is 3.02. The molecule has 4 nitrogen and oxygen atoms in total. The Kier molecular flexibility index (Phi) is 3.32. The van der Waals surface area contributed by atoms with Crippen LogP contribution in [0.1, 0.15) is 45.1 Å². The van der Waals surface area contributed by atoms with Gasteiger partial charge in [0.2, 0.25) is 0 Å². The van der Waals surface area contributed by atoms with Gasteiger partial charge >= 0.3 is 0 Å². The van der Waals surface area contributed by atoms with Crippen LogP contribution in [0.5, 0.6) is 0 Å². The van der Waals surface area contributed by atoms with Crippen LogP contribution in [0.2, 0.25) is 0 Å². The minimum absolute atomic E-state index is 0.436. The largest absolute Gasteiger partial charge is 0.311 e. The van der Waals surface area contributed by atoms with E-state index in [0.717, 1.165) is 35.6 Å². The molecule has 0 aliphatic heterocycles. The predicted octanol–water partition coefficient (Wildman–Crippen LogP) is 3.51. The number of nitrogens with zero attached hydrogens (tertiary/aromatic N) is 4. The van der Waals surface area contributed by atoms with Gasteiger partial charge in [0.25, 0.3) is 0 Å². The van der Waals surface area contributed by atoms with Gasteiger partial charge in [-0.25, -0.2) is 4.98 Å². The molecule has 5 heteroatoms. The van der Waals surface area contributed by atoms with E-state index in [9.17, 15) is 0 Å².